The number of nitrogens with zero attached hydrogens (tertiary/aromatic N) is 2. The molecule has 0 radical (unpaired) electrons. The minimum atomic E-state index is -1.01. The van der Waals surface area contributed by atoms with Gasteiger partial charge in [-0.05, 0) is 0 Å². The van der Waals surface area contributed by atoms with Crippen LogP contribution in [0.15, 0.2) is 0 Å². The lowest BCUT2D eigenvalue weighted by molar-refractivity contribution is 0.0685. The minimum absolute atomic E-state index is 0.0844. The third-order valence-corrected chi connectivity index (χ3v) is 2.31. The molecule has 15 heavy (non-hydrogen) atoms. The van der Waals surface area contributed by atoms with Crippen LogP contribution in [0.3, 0.4) is 0 Å². The SMILES string of the molecule is CC(C)c1nc2c(c(C(=O)O)n1)COC2. The lowest BCUT2D eigenvalue weighted by Gasteiger charge is -2.07. The Labute approximate surface area is 87.1 Å². The van der Waals surface area contributed by atoms with Crippen LogP contribution in [0.4, 0.5) is 0 Å². The molecule has 2 heterocycles. The molecule has 2 rings (SSSR count). The van der Waals surface area contributed by atoms with Crippen molar-refractivity contribution in [2.45, 2.75) is 33.0 Å². The van der Waals surface area contributed by atoms with Gasteiger partial charge in [-0.3, -0.25) is 0 Å². The Morgan fingerprint density at radius 1 is 1.40 bits per heavy atom. The first-order valence-corrected chi connectivity index (χ1v) is 4.80. The summed E-state index contributed by atoms with van der Waals surface area (Å²) in [5.41, 5.74) is 1.42. The Kier molecular flexibility index (Phi) is 2.40. The average molecular weight is 208 g/mol. The fourth-order valence-electron chi connectivity index (χ4n) is 1.51. The minimum Gasteiger partial charge on any atom is -0.476 e. The van der Waals surface area contributed by atoms with E-state index in [0.717, 1.165) is 0 Å². The molecule has 1 aliphatic heterocycles. The van der Waals surface area contributed by atoms with Crippen LogP contribution in [0.2, 0.25) is 0 Å². The van der Waals surface area contributed by atoms with Gasteiger partial charge in [-0.2, -0.15) is 0 Å². The maximum atomic E-state index is 11.0. The summed E-state index contributed by atoms with van der Waals surface area (Å²) in [5, 5.41) is 9.01. The van der Waals surface area contributed by atoms with E-state index in [1.807, 2.05) is 13.8 Å². The first kappa shape index (κ1) is 10.0. The molecule has 1 N–H and O–H groups in total. The molecule has 0 bridgehead atoms. The second-order valence-corrected chi connectivity index (χ2v) is 3.81. The standard InChI is InChI=1S/C10H12N2O3/c1-5(2)9-11-7-4-15-3-6(7)8(12-9)10(13)14/h5H,3-4H2,1-2H3,(H,13,14). The van der Waals surface area contributed by atoms with E-state index in [2.05, 4.69) is 9.97 Å². The van der Waals surface area contributed by atoms with Crippen molar-refractivity contribution in [2.24, 2.45) is 0 Å². The Bertz CT molecular complexity index is 415. The molecule has 5 heteroatoms. The second kappa shape index (κ2) is 3.58. The highest BCUT2D eigenvalue weighted by molar-refractivity contribution is 5.87. The normalized spacial score (nSPS) is 14.3. The van der Waals surface area contributed by atoms with Crippen LogP contribution in [0.25, 0.3) is 0 Å². The van der Waals surface area contributed by atoms with Gasteiger partial charge in [-0.1, -0.05) is 13.8 Å². The number of hydrogen-bond acceptors (Lipinski definition) is 4. The fraction of sp³-hybridized carbons (Fsp3) is 0.500. The molecular weight excluding hydrogens is 196 g/mol. The number of fused-ring (bicyclic) bond motifs is 1. The van der Waals surface area contributed by atoms with Gasteiger partial charge in [0, 0.05) is 11.5 Å². The molecule has 1 aliphatic rings. The maximum absolute atomic E-state index is 11.0. The maximum Gasteiger partial charge on any atom is 0.355 e. The van der Waals surface area contributed by atoms with Gasteiger partial charge in [0.25, 0.3) is 0 Å². The first-order valence-electron chi connectivity index (χ1n) is 4.80. The van der Waals surface area contributed by atoms with Gasteiger partial charge < -0.3 is 9.84 Å². The summed E-state index contributed by atoms with van der Waals surface area (Å²) < 4.78 is 5.17. The smallest absolute Gasteiger partial charge is 0.355 e. The second-order valence-electron chi connectivity index (χ2n) is 3.81. The van der Waals surface area contributed by atoms with E-state index in [1.54, 1.807) is 0 Å². The van der Waals surface area contributed by atoms with Crippen molar-refractivity contribution < 1.29 is 14.6 Å². The lowest BCUT2D eigenvalue weighted by atomic mass is 10.1. The van der Waals surface area contributed by atoms with E-state index in [0.29, 0.717) is 30.3 Å². The number of carboxylic acid groups (broad SMARTS) is 1. The zero-order valence-corrected chi connectivity index (χ0v) is 8.65. The van der Waals surface area contributed by atoms with E-state index in [4.69, 9.17) is 9.84 Å². The van der Waals surface area contributed by atoms with Gasteiger partial charge in [0.05, 0.1) is 18.9 Å². The number of hydrogen-bond donors (Lipinski definition) is 1. The van der Waals surface area contributed by atoms with Gasteiger partial charge >= 0.3 is 5.97 Å². The molecule has 0 unspecified atom stereocenters. The Hall–Kier alpha value is -1.49. The molecular formula is C10H12N2O3. The van der Waals surface area contributed by atoms with Gasteiger partial charge in [0.1, 0.15) is 5.82 Å². The largest absolute Gasteiger partial charge is 0.476 e. The summed E-state index contributed by atoms with van der Waals surface area (Å²) in [6.07, 6.45) is 0. The van der Waals surface area contributed by atoms with Crippen molar-refractivity contribution in [2.75, 3.05) is 0 Å². The molecule has 1 aromatic rings. The zero-order chi connectivity index (χ0) is 11.0. The third-order valence-electron chi connectivity index (χ3n) is 2.31. The van der Waals surface area contributed by atoms with Crippen LogP contribution in [0, 0.1) is 0 Å². The van der Waals surface area contributed by atoms with Crippen LogP contribution >= 0.6 is 0 Å². The summed E-state index contributed by atoms with van der Waals surface area (Å²) in [4.78, 5) is 19.3. The molecule has 80 valence electrons. The Morgan fingerprint density at radius 3 is 2.73 bits per heavy atom. The fourth-order valence-corrected chi connectivity index (χ4v) is 1.51. The van der Waals surface area contributed by atoms with Crippen LogP contribution in [-0.2, 0) is 18.0 Å². The molecule has 0 spiro atoms. The molecule has 5 nitrogen and oxygen atoms in total. The Balaban J connectivity index is 2.57. The molecule has 0 amide bonds. The third kappa shape index (κ3) is 1.70. The van der Waals surface area contributed by atoms with Gasteiger partial charge in [-0.25, -0.2) is 14.8 Å². The van der Waals surface area contributed by atoms with Crippen LogP contribution in [-0.4, -0.2) is 21.0 Å². The van der Waals surface area contributed by atoms with Crippen molar-refractivity contribution in [3.05, 3.63) is 22.8 Å². The highest BCUT2D eigenvalue weighted by Crippen LogP contribution is 2.23. The van der Waals surface area contributed by atoms with Crippen molar-refractivity contribution in [3.8, 4) is 0 Å². The van der Waals surface area contributed by atoms with Crippen molar-refractivity contribution in [3.63, 3.8) is 0 Å². The topological polar surface area (TPSA) is 72.3 Å². The predicted octanol–water partition coefficient (Wildman–Crippen LogP) is 1.33. The zero-order valence-electron chi connectivity index (χ0n) is 8.65. The van der Waals surface area contributed by atoms with Gasteiger partial charge in [0.15, 0.2) is 5.69 Å². The van der Waals surface area contributed by atoms with E-state index in [9.17, 15) is 4.79 Å². The van der Waals surface area contributed by atoms with Gasteiger partial charge in [0.2, 0.25) is 0 Å². The monoisotopic (exact) mass is 208 g/mol. The molecule has 0 saturated heterocycles. The summed E-state index contributed by atoms with van der Waals surface area (Å²) in [6.45, 7) is 4.56. The number of aromatic carboxylic acids is 1. The first-order chi connectivity index (χ1) is 7.09. The van der Waals surface area contributed by atoms with E-state index in [-0.39, 0.29) is 11.6 Å². The summed E-state index contributed by atoms with van der Waals surface area (Å²) in [5.74, 6) is -0.327. The molecule has 1 aromatic heterocycles. The van der Waals surface area contributed by atoms with Crippen molar-refractivity contribution in [1.82, 2.24) is 9.97 Å². The Morgan fingerprint density at radius 2 is 2.13 bits per heavy atom. The number of ether oxygens (including phenoxy) is 1. The molecule has 0 saturated carbocycles. The van der Waals surface area contributed by atoms with Crippen LogP contribution in [0.5, 0.6) is 0 Å². The lowest BCUT2D eigenvalue weighted by Crippen LogP contribution is -2.11. The van der Waals surface area contributed by atoms with E-state index in [1.165, 1.54) is 0 Å². The molecule has 0 aliphatic carbocycles. The number of aromatic nitrogens is 2. The number of carbonyl (C=O) groups is 1. The molecule has 0 aromatic carbocycles. The summed E-state index contributed by atoms with van der Waals surface area (Å²) in [7, 11) is 0. The van der Waals surface area contributed by atoms with E-state index >= 15 is 0 Å². The van der Waals surface area contributed by atoms with Crippen molar-refractivity contribution >= 4 is 5.97 Å². The van der Waals surface area contributed by atoms with Crippen LogP contribution in [0.1, 0.15) is 47.3 Å². The van der Waals surface area contributed by atoms with Gasteiger partial charge in [-0.15, -0.1) is 0 Å². The van der Waals surface area contributed by atoms with Crippen molar-refractivity contribution in [1.29, 1.82) is 0 Å². The predicted molar refractivity (Wildman–Crippen MR) is 51.6 cm³/mol. The number of rotatable bonds is 2. The summed E-state index contributed by atoms with van der Waals surface area (Å²) >= 11 is 0. The molecule has 0 fully saturated rings. The highest BCUT2D eigenvalue weighted by atomic mass is 16.5. The average Bonchev–Trinajstić information content (AvgIpc) is 2.62. The van der Waals surface area contributed by atoms with Crippen LogP contribution < -0.4 is 0 Å². The van der Waals surface area contributed by atoms with E-state index < -0.39 is 5.97 Å². The summed E-state index contributed by atoms with van der Waals surface area (Å²) in [6, 6.07) is 0. The molecule has 0 atom stereocenters. The quantitative estimate of drug-likeness (QED) is 0.793. The number of carboxylic acids is 1. The highest BCUT2D eigenvalue weighted by Gasteiger charge is 2.24.